The number of hydrogen-bond donors (Lipinski definition) is 2. The van der Waals surface area contributed by atoms with Gasteiger partial charge in [0.2, 0.25) is 0 Å². The predicted molar refractivity (Wildman–Crippen MR) is 141 cm³/mol. The van der Waals surface area contributed by atoms with Crippen molar-refractivity contribution < 1.29 is 14.6 Å². The van der Waals surface area contributed by atoms with Gasteiger partial charge in [-0.05, 0) is 87.0 Å². The smallest absolute Gasteiger partial charge is 0.266 e. The van der Waals surface area contributed by atoms with E-state index in [1.807, 2.05) is 19.1 Å². The van der Waals surface area contributed by atoms with Gasteiger partial charge in [-0.3, -0.25) is 4.79 Å². The van der Waals surface area contributed by atoms with Crippen molar-refractivity contribution in [3.63, 3.8) is 0 Å². The van der Waals surface area contributed by atoms with Crippen molar-refractivity contribution in [2.75, 3.05) is 11.9 Å². The first kappa shape index (κ1) is 26.8. The van der Waals surface area contributed by atoms with Crippen molar-refractivity contribution in [3.8, 4) is 6.07 Å². The van der Waals surface area contributed by atoms with Crippen LogP contribution in [0.2, 0.25) is 0 Å². The molecule has 0 bridgehead atoms. The van der Waals surface area contributed by atoms with Crippen LogP contribution in [0.15, 0.2) is 41.5 Å². The molecule has 0 radical (unpaired) electrons. The lowest BCUT2D eigenvalue weighted by atomic mass is 9.74. The maximum absolute atomic E-state index is 12.5. The van der Waals surface area contributed by atoms with Crippen LogP contribution in [0, 0.1) is 16.7 Å². The van der Waals surface area contributed by atoms with Crippen LogP contribution < -0.4 is 5.32 Å². The second kappa shape index (κ2) is 10.5. The molecule has 1 saturated heterocycles. The molecule has 3 atom stereocenters. The number of amides is 1. The van der Waals surface area contributed by atoms with Gasteiger partial charge in [-0.15, -0.1) is 0 Å². The lowest BCUT2D eigenvalue weighted by Gasteiger charge is -2.48. The van der Waals surface area contributed by atoms with Crippen LogP contribution in [0.25, 0.3) is 5.57 Å². The number of aliphatic hydroxyl groups is 1. The van der Waals surface area contributed by atoms with Gasteiger partial charge >= 0.3 is 0 Å². The highest BCUT2D eigenvalue weighted by atomic mass is 16.5. The van der Waals surface area contributed by atoms with Gasteiger partial charge in [-0.2, -0.15) is 5.26 Å². The fourth-order valence-electron chi connectivity index (χ4n) is 5.18. The van der Waals surface area contributed by atoms with E-state index in [0.717, 1.165) is 56.0 Å². The fourth-order valence-corrected chi connectivity index (χ4v) is 5.18. The number of allylic oxidation sites excluding steroid dienone is 3. The lowest BCUT2D eigenvalue weighted by molar-refractivity contribution is -0.196. The first-order valence-corrected chi connectivity index (χ1v) is 12.5. The minimum atomic E-state index is -0.589. The molecule has 2 aliphatic rings. The average Bonchev–Trinajstić information content (AvgIpc) is 2.82. The molecule has 1 aliphatic carbocycles. The molecule has 1 aromatic rings. The molecule has 0 spiro atoms. The topological polar surface area (TPSA) is 94.7 Å². The largest absolute Gasteiger partial charge is 0.393 e. The van der Waals surface area contributed by atoms with Gasteiger partial charge in [-0.1, -0.05) is 39.5 Å². The Morgan fingerprint density at radius 3 is 2.63 bits per heavy atom. The van der Waals surface area contributed by atoms with E-state index in [-0.39, 0.29) is 29.2 Å². The number of nitrogens with zero attached hydrogens (tertiary/aromatic N) is 2. The van der Waals surface area contributed by atoms with Crippen molar-refractivity contribution in [2.45, 2.75) is 90.3 Å². The van der Waals surface area contributed by atoms with Crippen LogP contribution >= 0.6 is 0 Å². The number of nitrogens with one attached hydrogen (secondary N) is 1. The zero-order chi connectivity index (χ0) is 25.9. The number of ether oxygens (including phenoxy) is 1. The fraction of sp³-hybridized carbons (Fsp3) is 0.552. The third kappa shape index (κ3) is 6.68. The summed E-state index contributed by atoms with van der Waals surface area (Å²) in [5, 5.41) is 21.9. The second-order valence-corrected chi connectivity index (χ2v) is 11.3. The van der Waals surface area contributed by atoms with Crippen LogP contribution in [-0.2, 0) is 9.53 Å². The number of aliphatic imine (C=N–C) groups is 1. The molecule has 1 aliphatic heterocycles. The molecular weight excluding hydrogens is 438 g/mol. The van der Waals surface area contributed by atoms with Gasteiger partial charge in [0.15, 0.2) is 0 Å². The van der Waals surface area contributed by atoms with E-state index in [0.29, 0.717) is 0 Å². The Morgan fingerprint density at radius 2 is 2.03 bits per heavy atom. The number of rotatable bonds is 7. The molecule has 1 fully saturated rings. The summed E-state index contributed by atoms with van der Waals surface area (Å²) in [5.74, 6) is -0.167. The van der Waals surface area contributed by atoms with Crippen LogP contribution in [-0.4, -0.2) is 35.0 Å². The predicted octanol–water partition coefficient (Wildman–Crippen LogP) is 6.14. The minimum Gasteiger partial charge on any atom is -0.393 e. The molecule has 0 unspecified atom stereocenters. The summed E-state index contributed by atoms with van der Waals surface area (Å²) < 4.78 is 6.35. The number of carbonyl (C=O) groups is 1. The molecule has 3 rings (SSSR count). The van der Waals surface area contributed by atoms with Crippen molar-refractivity contribution in [1.82, 2.24) is 0 Å². The van der Waals surface area contributed by atoms with Crippen LogP contribution in [0.3, 0.4) is 0 Å². The Kier molecular flexibility index (Phi) is 8.03. The Bertz CT molecular complexity index is 1060. The van der Waals surface area contributed by atoms with Crippen molar-refractivity contribution in [3.05, 3.63) is 47.7 Å². The van der Waals surface area contributed by atoms with Crippen LogP contribution in [0.5, 0.6) is 0 Å². The maximum atomic E-state index is 12.5. The molecular formula is C29H39N3O3. The molecule has 1 heterocycles. The molecule has 6 heteroatoms. The van der Waals surface area contributed by atoms with E-state index in [2.05, 4.69) is 62.8 Å². The maximum Gasteiger partial charge on any atom is 0.266 e. The summed E-state index contributed by atoms with van der Waals surface area (Å²) in [6.45, 7) is 14.3. The first-order valence-electron chi connectivity index (χ1n) is 12.5. The molecule has 188 valence electrons. The molecule has 1 aromatic carbocycles. The Hall–Kier alpha value is -2.75. The first-order chi connectivity index (χ1) is 16.4. The summed E-state index contributed by atoms with van der Waals surface area (Å²) in [5.41, 5.74) is 3.53. The Morgan fingerprint density at radius 1 is 1.31 bits per heavy atom. The number of nitriles is 1. The number of carbonyl (C=O) groups excluding carboxylic acids is 1. The normalized spacial score (nSPS) is 28.3. The summed E-state index contributed by atoms with van der Waals surface area (Å²) in [6, 6.07) is 8.05. The van der Waals surface area contributed by atoms with Gasteiger partial charge in [0, 0.05) is 11.3 Å². The standard InChI is InChI=1S/C29H39N3O3/c1-7-28(5)15-23(16-29(6,19-33)35-28)22-8-9-25(32-26(34)18-31-20(2)17-30)24(14-22)21-10-12-27(3,4)13-11-21/h8-10,14,18,23,33H,2,7,11-13,15-16,19H2,1,3-6H3,(H,32,34)/t23-,28-,29+/m1/s1. The molecule has 6 nitrogen and oxygen atoms in total. The lowest BCUT2D eigenvalue weighted by Crippen LogP contribution is -2.49. The van der Waals surface area contributed by atoms with Gasteiger partial charge in [0.1, 0.15) is 11.8 Å². The SMILES string of the molecule is C=C(C#N)N=CC(=O)Nc1ccc([C@@H]2C[C@@](C)(CC)O[C@](C)(CO)C2)cc1C1=CCC(C)(C)CC1. The number of benzene rings is 1. The summed E-state index contributed by atoms with van der Waals surface area (Å²) in [6.07, 6.45) is 8.87. The minimum absolute atomic E-state index is 0.0154. The Labute approximate surface area is 209 Å². The van der Waals surface area contributed by atoms with Crippen LogP contribution in [0.4, 0.5) is 5.69 Å². The van der Waals surface area contributed by atoms with Crippen molar-refractivity contribution in [1.29, 1.82) is 5.26 Å². The van der Waals surface area contributed by atoms with Crippen molar-refractivity contribution >= 4 is 23.4 Å². The van der Waals surface area contributed by atoms with Gasteiger partial charge in [-0.25, -0.2) is 4.99 Å². The van der Waals surface area contributed by atoms with E-state index in [9.17, 15) is 9.90 Å². The van der Waals surface area contributed by atoms with Gasteiger partial charge in [0.25, 0.3) is 5.91 Å². The van der Waals surface area contributed by atoms with E-state index in [1.54, 1.807) is 0 Å². The van der Waals surface area contributed by atoms with E-state index >= 15 is 0 Å². The molecule has 2 N–H and O–H groups in total. The third-order valence-corrected chi connectivity index (χ3v) is 7.49. The molecule has 1 amide bonds. The van der Waals surface area contributed by atoms with Gasteiger partial charge in [0.05, 0.1) is 24.0 Å². The molecule has 0 aromatic heterocycles. The quantitative estimate of drug-likeness (QED) is 0.364. The summed E-state index contributed by atoms with van der Waals surface area (Å²) in [7, 11) is 0. The zero-order valence-electron chi connectivity index (χ0n) is 21.8. The second-order valence-electron chi connectivity index (χ2n) is 11.3. The number of aliphatic hydroxyl groups excluding tert-OH is 1. The van der Waals surface area contributed by atoms with E-state index in [1.165, 1.54) is 11.1 Å². The highest BCUT2D eigenvalue weighted by Gasteiger charge is 2.44. The Balaban J connectivity index is 1.99. The summed E-state index contributed by atoms with van der Waals surface area (Å²) >= 11 is 0. The zero-order valence-corrected chi connectivity index (χ0v) is 21.8. The average molecular weight is 478 g/mol. The number of anilines is 1. The molecule has 35 heavy (non-hydrogen) atoms. The van der Waals surface area contributed by atoms with Gasteiger partial charge < -0.3 is 15.2 Å². The highest BCUT2D eigenvalue weighted by Crippen LogP contribution is 2.46. The van der Waals surface area contributed by atoms with Crippen LogP contribution in [0.1, 0.15) is 90.2 Å². The summed E-state index contributed by atoms with van der Waals surface area (Å²) in [4.78, 5) is 16.3. The highest BCUT2D eigenvalue weighted by molar-refractivity contribution is 6.32. The van der Waals surface area contributed by atoms with Crippen molar-refractivity contribution in [2.24, 2.45) is 10.4 Å². The number of hydrogen-bond acceptors (Lipinski definition) is 5. The van der Waals surface area contributed by atoms with E-state index in [4.69, 9.17) is 10.00 Å². The van der Waals surface area contributed by atoms with E-state index < -0.39 is 11.5 Å². The monoisotopic (exact) mass is 477 g/mol. The third-order valence-electron chi connectivity index (χ3n) is 7.49. The molecule has 0 saturated carbocycles.